The van der Waals surface area contributed by atoms with Crippen molar-refractivity contribution in [3.8, 4) is 0 Å². The zero-order chi connectivity index (χ0) is 19.6. The molecule has 1 N–H and O–H groups in total. The summed E-state index contributed by atoms with van der Waals surface area (Å²) in [7, 11) is 0. The number of hydrogen-bond donors (Lipinski definition) is 1. The van der Waals surface area contributed by atoms with Crippen LogP contribution in [0.4, 0.5) is 0 Å². The van der Waals surface area contributed by atoms with Crippen molar-refractivity contribution in [2.75, 3.05) is 19.7 Å². The van der Waals surface area contributed by atoms with Gasteiger partial charge in [0.2, 0.25) is 0 Å². The van der Waals surface area contributed by atoms with Gasteiger partial charge < -0.3 is 9.84 Å². The first-order valence-electron chi connectivity index (χ1n) is 9.76. The first-order valence-corrected chi connectivity index (χ1v) is 9.76. The fraction of sp³-hybridized carbons (Fsp3) is 0.545. The van der Waals surface area contributed by atoms with Gasteiger partial charge in [-0.25, -0.2) is 4.79 Å². The molecule has 1 saturated heterocycles. The largest absolute Gasteiger partial charge is 0.478 e. The molecule has 1 aromatic heterocycles. The third-order valence-corrected chi connectivity index (χ3v) is 5.14. The van der Waals surface area contributed by atoms with Crippen LogP contribution >= 0.6 is 0 Å². The molecule has 1 aliphatic heterocycles. The lowest BCUT2D eigenvalue weighted by molar-refractivity contribution is -0.0195. The Morgan fingerprint density at radius 2 is 2.11 bits per heavy atom. The summed E-state index contributed by atoms with van der Waals surface area (Å²) >= 11 is 0. The minimum Gasteiger partial charge on any atom is -0.478 e. The van der Waals surface area contributed by atoms with Crippen LogP contribution in [0, 0.1) is 5.41 Å². The number of benzene rings is 1. The van der Waals surface area contributed by atoms with E-state index in [1.807, 2.05) is 19.1 Å². The molecule has 2 atom stereocenters. The lowest BCUT2D eigenvalue weighted by atomic mass is 9.87. The average Bonchev–Trinajstić information content (AvgIpc) is 2.61. The number of piperidine rings is 1. The molecule has 0 bridgehead atoms. The SMILES string of the molecule is CCO[C@H]1CCN(CC(C)(C)C)[C@H](c2ccc(C(=O)O)c3cccnc23)C1. The van der Waals surface area contributed by atoms with Crippen molar-refractivity contribution in [3.63, 3.8) is 0 Å². The van der Waals surface area contributed by atoms with Gasteiger partial charge in [-0.05, 0) is 42.9 Å². The molecular formula is C22H30N2O3. The van der Waals surface area contributed by atoms with E-state index < -0.39 is 5.97 Å². The van der Waals surface area contributed by atoms with Crippen molar-refractivity contribution < 1.29 is 14.6 Å². The van der Waals surface area contributed by atoms with E-state index in [1.165, 1.54) is 0 Å². The molecule has 27 heavy (non-hydrogen) atoms. The van der Waals surface area contributed by atoms with Gasteiger partial charge in [0.1, 0.15) is 0 Å². The normalized spacial score (nSPS) is 21.5. The van der Waals surface area contributed by atoms with Crippen molar-refractivity contribution in [2.45, 2.75) is 52.7 Å². The molecule has 1 aromatic carbocycles. The molecule has 0 spiro atoms. The molecule has 2 aromatic rings. The number of likely N-dealkylation sites (tertiary alicyclic amines) is 1. The second-order valence-corrected chi connectivity index (χ2v) is 8.56. The summed E-state index contributed by atoms with van der Waals surface area (Å²) in [5.41, 5.74) is 2.38. The molecule has 5 heteroatoms. The Morgan fingerprint density at radius 3 is 2.78 bits per heavy atom. The van der Waals surface area contributed by atoms with Gasteiger partial charge in [0.15, 0.2) is 0 Å². The standard InChI is InChI=1S/C22H30N2O3/c1-5-27-15-10-12-24(14-22(2,3)4)19(13-15)18-9-8-17(21(25)26)16-7-6-11-23-20(16)18/h6-9,11,15,19H,5,10,12-14H2,1-4H3,(H,25,26)/t15-,19-/m0/s1. The summed E-state index contributed by atoms with van der Waals surface area (Å²) in [4.78, 5) is 18.7. The van der Waals surface area contributed by atoms with Crippen LogP contribution in [0.5, 0.6) is 0 Å². The molecule has 0 radical (unpaired) electrons. The molecule has 3 rings (SSSR count). The number of aromatic carboxylic acids is 1. The lowest BCUT2D eigenvalue weighted by Gasteiger charge is -2.42. The Balaban J connectivity index is 2.06. The zero-order valence-electron chi connectivity index (χ0n) is 16.7. The smallest absolute Gasteiger partial charge is 0.336 e. The molecule has 5 nitrogen and oxygen atoms in total. The summed E-state index contributed by atoms with van der Waals surface area (Å²) in [6, 6.07) is 7.51. The Morgan fingerprint density at radius 1 is 1.33 bits per heavy atom. The van der Waals surface area contributed by atoms with E-state index in [0.29, 0.717) is 17.6 Å². The number of carboxylic acid groups (broad SMARTS) is 1. The third kappa shape index (κ3) is 4.47. The van der Waals surface area contributed by atoms with E-state index in [4.69, 9.17) is 4.74 Å². The highest BCUT2D eigenvalue weighted by Crippen LogP contribution is 2.38. The summed E-state index contributed by atoms with van der Waals surface area (Å²) in [5, 5.41) is 10.2. The maximum atomic E-state index is 11.6. The number of ether oxygens (including phenoxy) is 1. The van der Waals surface area contributed by atoms with Crippen molar-refractivity contribution in [2.24, 2.45) is 5.41 Å². The van der Waals surface area contributed by atoms with E-state index in [1.54, 1.807) is 18.3 Å². The predicted octanol–water partition coefficient (Wildman–Crippen LogP) is 4.52. The Labute approximate surface area is 161 Å². The number of rotatable bonds is 5. The van der Waals surface area contributed by atoms with Crippen molar-refractivity contribution in [3.05, 3.63) is 41.6 Å². The van der Waals surface area contributed by atoms with Crippen molar-refractivity contribution in [1.29, 1.82) is 0 Å². The van der Waals surface area contributed by atoms with Crippen LogP contribution in [0.2, 0.25) is 0 Å². The second kappa shape index (κ2) is 7.95. The number of fused-ring (bicyclic) bond motifs is 1. The van der Waals surface area contributed by atoms with Crippen LogP contribution in [-0.4, -0.2) is 46.8 Å². The molecular weight excluding hydrogens is 340 g/mol. The van der Waals surface area contributed by atoms with Crippen LogP contribution in [-0.2, 0) is 4.74 Å². The van der Waals surface area contributed by atoms with Crippen molar-refractivity contribution >= 4 is 16.9 Å². The number of pyridine rings is 1. The Bertz CT molecular complexity index is 813. The highest BCUT2D eigenvalue weighted by atomic mass is 16.5. The summed E-state index contributed by atoms with van der Waals surface area (Å²) < 4.78 is 5.95. The van der Waals surface area contributed by atoms with Gasteiger partial charge in [-0.3, -0.25) is 9.88 Å². The average molecular weight is 370 g/mol. The number of aromatic nitrogens is 1. The Kier molecular flexibility index (Phi) is 5.82. The molecule has 146 valence electrons. The van der Waals surface area contributed by atoms with Gasteiger partial charge in [0, 0.05) is 37.3 Å². The number of hydrogen-bond acceptors (Lipinski definition) is 4. The van der Waals surface area contributed by atoms with Crippen LogP contribution in [0.15, 0.2) is 30.5 Å². The number of carbonyl (C=O) groups is 1. The second-order valence-electron chi connectivity index (χ2n) is 8.56. The van der Waals surface area contributed by atoms with Gasteiger partial charge in [0.05, 0.1) is 17.2 Å². The molecule has 0 unspecified atom stereocenters. The fourth-order valence-electron chi connectivity index (χ4n) is 4.14. The first kappa shape index (κ1) is 19.8. The quantitative estimate of drug-likeness (QED) is 0.838. The van der Waals surface area contributed by atoms with Crippen LogP contribution < -0.4 is 0 Å². The van der Waals surface area contributed by atoms with Gasteiger partial charge in [-0.1, -0.05) is 32.9 Å². The highest BCUT2D eigenvalue weighted by Gasteiger charge is 2.33. The topological polar surface area (TPSA) is 62.7 Å². The minimum atomic E-state index is -0.915. The van der Waals surface area contributed by atoms with E-state index >= 15 is 0 Å². The predicted molar refractivity (Wildman–Crippen MR) is 107 cm³/mol. The lowest BCUT2D eigenvalue weighted by Crippen LogP contribution is -2.43. The van der Waals surface area contributed by atoms with Crippen LogP contribution in [0.1, 0.15) is 62.5 Å². The van der Waals surface area contributed by atoms with Crippen LogP contribution in [0.25, 0.3) is 10.9 Å². The van der Waals surface area contributed by atoms with E-state index in [9.17, 15) is 9.90 Å². The molecule has 0 amide bonds. The van der Waals surface area contributed by atoms with Gasteiger partial charge >= 0.3 is 5.97 Å². The van der Waals surface area contributed by atoms with Gasteiger partial charge in [-0.15, -0.1) is 0 Å². The van der Waals surface area contributed by atoms with E-state index in [0.717, 1.165) is 37.0 Å². The highest BCUT2D eigenvalue weighted by molar-refractivity contribution is 6.03. The van der Waals surface area contributed by atoms with Gasteiger partial charge in [-0.2, -0.15) is 0 Å². The summed E-state index contributed by atoms with van der Waals surface area (Å²) in [6.45, 7) is 11.5. The molecule has 0 saturated carbocycles. The summed E-state index contributed by atoms with van der Waals surface area (Å²) in [5.74, 6) is -0.915. The Hall–Kier alpha value is -1.98. The van der Waals surface area contributed by atoms with Gasteiger partial charge in [0.25, 0.3) is 0 Å². The number of carboxylic acids is 1. The van der Waals surface area contributed by atoms with Crippen molar-refractivity contribution in [1.82, 2.24) is 9.88 Å². The molecule has 0 aliphatic carbocycles. The third-order valence-electron chi connectivity index (χ3n) is 5.14. The molecule has 1 fully saturated rings. The minimum absolute atomic E-state index is 0.176. The van der Waals surface area contributed by atoms with Crippen LogP contribution in [0.3, 0.4) is 0 Å². The fourth-order valence-corrected chi connectivity index (χ4v) is 4.14. The maximum Gasteiger partial charge on any atom is 0.336 e. The monoisotopic (exact) mass is 370 g/mol. The summed E-state index contributed by atoms with van der Waals surface area (Å²) in [6.07, 6.45) is 3.91. The zero-order valence-corrected chi connectivity index (χ0v) is 16.7. The molecule has 2 heterocycles. The molecule has 1 aliphatic rings. The number of nitrogens with zero attached hydrogens (tertiary/aromatic N) is 2. The van der Waals surface area contributed by atoms with E-state index in [-0.39, 0.29) is 17.6 Å². The van der Waals surface area contributed by atoms with E-state index in [2.05, 4.69) is 30.7 Å². The maximum absolute atomic E-state index is 11.6. The first-order chi connectivity index (χ1) is 12.8.